The molecule has 3 aliphatic heterocycles. The zero-order valence-corrected chi connectivity index (χ0v) is 24.9. The monoisotopic (exact) mass is 676 g/mol. The zero-order chi connectivity index (χ0) is 32.0. The molecular weight excluding hydrogens is 649 g/mol. The Labute approximate surface area is 252 Å². The average molecular weight is 676 g/mol. The molecule has 0 saturated carbocycles. The summed E-state index contributed by atoms with van der Waals surface area (Å²) in [5.74, 6) is -0.190. The van der Waals surface area contributed by atoms with Gasteiger partial charge in [-0.3, -0.25) is 32.1 Å². The summed E-state index contributed by atoms with van der Waals surface area (Å²) in [5, 5.41) is 13.6. The van der Waals surface area contributed by atoms with E-state index in [-0.39, 0.29) is 34.5 Å². The number of guanidine groups is 1. The van der Waals surface area contributed by atoms with Crippen molar-refractivity contribution in [2.75, 3.05) is 26.0 Å². The number of phosphoric ester groups is 1. The Bertz CT molecular complexity index is 1690. The number of ether oxygens (including phenoxy) is 2. The molecule has 0 spiro atoms. The minimum absolute atomic E-state index is 0.0261. The van der Waals surface area contributed by atoms with E-state index < -0.39 is 78.4 Å². The summed E-state index contributed by atoms with van der Waals surface area (Å²) < 4.78 is 77.1. The first-order valence-corrected chi connectivity index (χ1v) is 15.8. The van der Waals surface area contributed by atoms with Crippen LogP contribution in [-0.4, -0.2) is 108 Å². The molecule has 6 heterocycles. The van der Waals surface area contributed by atoms with Gasteiger partial charge in [0.1, 0.15) is 48.1 Å². The maximum Gasteiger partial charge on any atom is 0.472 e. The summed E-state index contributed by atoms with van der Waals surface area (Å²) in [4.78, 5) is 42.1. The lowest BCUT2D eigenvalue weighted by atomic mass is 10.1. The molecule has 7 N–H and O–H groups in total. The summed E-state index contributed by atoms with van der Waals surface area (Å²) in [6.45, 7) is -1.43. The summed E-state index contributed by atoms with van der Waals surface area (Å²) in [6, 6.07) is 0. The standard InChI is InChI=1S/C21H27FN10O11P2/c1-25-21(24)30-17-8(2-33)28-6-31(17)20-15-13(34)9(40-20)4-39-45(36,37)43-14-10(3-38-44(35)42-15)41-19(11(14)22)32-7-29-12-16(23)26-5-27-18(12)32/h2,5-7,9-11,13-15,19-20,34,44H,3-4H2,1H3,(H,36,37)(H2,23,26,27)(H3,24,25,30). The van der Waals surface area contributed by atoms with Crippen molar-refractivity contribution in [3.63, 3.8) is 0 Å². The molecule has 3 saturated heterocycles. The number of nitrogens with one attached hydrogen (secondary N) is 1. The molecule has 3 fully saturated rings. The molecule has 10 atom stereocenters. The number of phosphoric acid groups is 1. The van der Waals surface area contributed by atoms with Crippen molar-refractivity contribution < 1.29 is 55.9 Å². The van der Waals surface area contributed by atoms with Crippen LogP contribution in [0.25, 0.3) is 11.2 Å². The first kappa shape index (κ1) is 31.5. The number of alkyl halides is 1. The topological polar surface area (TPSA) is 285 Å². The molecule has 24 heteroatoms. The van der Waals surface area contributed by atoms with Gasteiger partial charge in [-0.2, -0.15) is 4.99 Å². The molecule has 21 nitrogen and oxygen atoms in total. The number of imidazole rings is 2. The van der Waals surface area contributed by atoms with Gasteiger partial charge < -0.3 is 40.8 Å². The minimum Gasteiger partial charge on any atom is -0.387 e. The first-order chi connectivity index (χ1) is 21.5. The highest BCUT2D eigenvalue weighted by molar-refractivity contribution is 7.47. The second kappa shape index (κ2) is 12.4. The van der Waals surface area contributed by atoms with Crippen molar-refractivity contribution >= 4 is 51.1 Å². The Balaban J connectivity index is 1.29. The number of carbonyl (C=O) groups is 1. The number of aliphatic imine (C=N–C) groups is 1. The maximum absolute atomic E-state index is 15.9. The van der Waals surface area contributed by atoms with Gasteiger partial charge in [0.15, 0.2) is 48.2 Å². The van der Waals surface area contributed by atoms with E-state index in [2.05, 4.69) is 30.2 Å². The number of aldehydes is 1. The van der Waals surface area contributed by atoms with Gasteiger partial charge in [0.05, 0.1) is 25.9 Å². The van der Waals surface area contributed by atoms with E-state index in [0.29, 0.717) is 6.29 Å². The molecule has 10 unspecified atom stereocenters. The van der Waals surface area contributed by atoms with E-state index in [4.69, 9.17) is 39.0 Å². The Hall–Kier alpha value is -3.43. The van der Waals surface area contributed by atoms with Crippen LogP contribution in [0.2, 0.25) is 0 Å². The van der Waals surface area contributed by atoms with Crippen LogP contribution in [0.5, 0.6) is 0 Å². The fraction of sp³-hybridized carbons (Fsp3) is 0.524. The van der Waals surface area contributed by atoms with Gasteiger partial charge in [0.25, 0.3) is 0 Å². The highest BCUT2D eigenvalue weighted by Gasteiger charge is 2.53. The van der Waals surface area contributed by atoms with Crippen molar-refractivity contribution in [1.29, 1.82) is 0 Å². The summed E-state index contributed by atoms with van der Waals surface area (Å²) in [7, 11) is -7.12. The lowest BCUT2D eigenvalue weighted by Gasteiger charge is -2.24. The molecule has 0 amide bonds. The molecule has 6 rings (SSSR count). The lowest BCUT2D eigenvalue weighted by molar-refractivity contribution is -0.0620. The zero-order valence-electron chi connectivity index (χ0n) is 23.0. The highest BCUT2D eigenvalue weighted by atomic mass is 31.2. The fourth-order valence-electron chi connectivity index (χ4n) is 5.01. The Kier molecular flexibility index (Phi) is 8.69. The molecule has 244 valence electrons. The SMILES string of the molecule is CN/C(N)=N\c1c(C=O)ncn1C1OC2COP(=O)(O)OC3C(CO[PH](=O)OC1C2O)OC(n1cnc2c(N)ncnc21)C3F. The molecule has 45 heavy (non-hydrogen) atoms. The predicted octanol–water partition coefficient (Wildman–Crippen LogP) is -0.916. The molecule has 3 aliphatic rings. The van der Waals surface area contributed by atoms with Gasteiger partial charge >= 0.3 is 16.1 Å². The second-order valence-electron chi connectivity index (χ2n) is 9.85. The van der Waals surface area contributed by atoms with Crippen molar-refractivity contribution in [3.05, 3.63) is 24.7 Å². The van der Waals surface area contributed by atoms with Gasteiger partial charge in [0, 0.05) is 7.05 Å². The van der Waals surface area contributed by atoms with Crippen LogP contribution in [0.4, 0.5) is 16.0 Å². The molecule has 2 bridgehead atoms. The largest absolute Gasteiger partial charge is 0.472 e. The van der Waals surface area contributed by atoms with Gasteiger partial charge in [0.2, 0.25) is 0 Å². The van der Waals surface area contributed by atoms with E-state index in [1.165, 1.54) is 22.5 Å². The Morgan fingerprint density at radius 3 is 2.69 bits per heavy atom. The predicted molar refractivity (Wildman–Crippen MR) is 147 cm³/mol. The van der Waals surface area contributed by atoms with Crippen LogP contribution in [0.15, 0.2) is 24.0 Å². The number of aliphatic hydroxyl groups is 1. The lowest BCUT2D eigenvalue weighted by Crippen LogP contribution is -2.35. The van der Waals surface area contributed by atoms with Crippen molar-refractivity contribution in [1.82, 2.24) is 34.4 Å². The Morgan fingerprint density at radius 2 is 1.93 bits per heavy atom. The van der Waals surface area contributed by atoms with E-state index in [0.717, 1.165) is 12.7 Å². The number of halogens is 1. The number of fused-ring (bicyclic) bond motifs is 4. The number of hydrogen-bond donors (Lipinski definition) is 5. The molecule has 0 aliphatic carbocycles. The number of anilines is 1. The molecule has 0 aromatic carbocycles. The number of nitrogens with two attached hydrogens (primary N) is 2. The van der Waals surface area contributed by atoms with E-state index in [1.807, 2.05) is 0 Å². The molecular formula is C21H27FN10O11P2. The molecule has 0 radical (unpaired) electrons. The summed E-state index contributed by atoms with van der Waals surface area (Å²) in [5.41, 5.74) is 11.7. The van der Waals surface area contributed by atoms with Crippen LogP contribution < -0.4 is 16.8 Å². The number of rotatable bonds is 4. The third-order valence-corrected chi connectivity index (χ3v) is 9.01. The number of hydrogen-bond acceptors (Lipinski definition) is 16. The molecule has 3 aromatic rings. The van der Waals surface area contributed by atoms with Crippen LogP contribution in [0, 0.1) is 0 Å². The smallest absolute Gasteiger partial charge is 0.387 e. The minimum atomic E-state index is -5.08. The molecule has 3 aromatic heterocycles. The summed E-state index contributed by atoms with van der Waals surface area (Å²) in [6.07, 6.45) is -8.83. The van der Waals surface area contributed by atoms with Crippen LogP contribution in [0.1, 0.15) is 22.9 Å². The number of nitrogen functional groups attached to an aromatic ring is 1. The number of aromatic nitrogens is 6. The maximum atomic E-state index is 15.9. The number of carbonyl (C=O) groups excluding carboxylic acids is 1. The fourth-order valence-corrected chi connectivity index (χ4v) is 6.81. The van der Waals surface area contributed by atoms with Crippen LogP contribution in [-0.2, 0) is 36.7 Å². The van der Waals surface area contributed by atoms with E-state index in [1.54, 1.807) is 0 Å². The van der Waals surface area contributed by atoms with Gasteiger partial charge in [-0.25, -0.2) is 28.9 Å². The third kappa shape index (κ3) is 5.97. The average Bonchev–Trinajstić information content (AvgIpc) is 3.76. The number of aliphatic hydroxyl groups excluding tert-OH is 1. The van der Waals surface area contributed by atoms with Crippen molar-refractivity contribution in [3.8, 4) is 0 Å². The van der Waals surface area contributed by atoms with Gasteiger partial charge in [-0.15, -0.1) is 0 Å². The third-order valence-electron chi connectivity index (χ3n) is 7.16. The summed E-state index contributed by atoms with van der Waals surface area (Å²) >= 11 is 0. The van der Waals surface area contributed by atoms with Crippen LogP contribution in [0.3, 0.4) is 0 Å². The number of nitrogens with zero attached hydrogens (tertiary/aromatic N) is 7. The highest BCUT2D eigenvalue weighted by Crippen LogP contribution is 2.51. The van der Waals surface area contributed by atoms with Gasteiger partial charge in [-0.1, -0.05) is 0 Å². The Morgan fingerprint density at radius 1 is 1.18 bits per heavy atom. The van der Waals surface area contributed by atoms with Gasteiger partial charge in [-0.05, 0) is 0 Å². The van der Waals surface area contributed by atoms with Crippen molar-refractivity contribution in [2.45, 2.75) is 49.1 Å². The second-order valence-corrected chi connectivity index (χ2v) is 12.3. The van der Waals surface area contributed by atoms with Crippen molar-refractivity contribution in [2.24, 2.45) is 10.7 Å². The quantitative estimate of drug-likeness (QED) is 0.0967. The van der Waals surface area contributed by atoms with E-state index in [9.17, 15) is 23.9 Å². The van der Waals surface area contributed by atoms with E-state index >= 15 is 4.39 Å². The van der Waals surface area contributed by atoms with Crippen LogP contribution >= 0.6 is 16.1 Å². The normalized spacial score (nSPS) is 36.2. The first-order valence-electron chi connectivity index (χ1n) is 13.1.